The summed E-state index contributed by atoms with van der Waals surface area (Å²) in [5.74, 6) is 2.45. The molecule has 0 aliphatic carbocycles. The Bertz CT molecular complexity index is 585. The van der Waals surface area contributed by atoms with Gasteiger partial charge in [0.25, 0.3) is 0 Å². The Morgan fingerprint density at radius 2 is 1.52 bits per heavy atom. The molecule has 4 heteroatoms. The number of aryl methyl sites for hydroxylation is 1. The molecule has 116 valence electrons. The summed E-state index contributed by atoms with van der Waals surface area (Å²) in [5, 5.41) is 0.994. The summed E-state index contributed by atoms with van der Waals surface area (Å²) in [5.41, 5.74) is 2.16. The standard InChI is InChI=1S/C17H25NO3/c1-5-9-13-16(20-7-3)15-12(18-13)10-11-14(19-6-2)17(15)21-8-4/h10-11,18H,5-9H2,1-4H3. The summed E-state index contributed by atoms with van der Waals surface area (Å²) in [7, 11) is 0. The zero-order chi connectivity index (χ0) is 15.2. The first-order valence-electron chi connectivity index (χ1n) is 7.82. The summed E-state index contributed by atoms with van der Waals surface area (Å²) in [4.78, 5) is 3.46. The van der Waals surface area contributed by atoms with Gasteiger partial charge in [0.2, 0.25) is 0 Å². The molecule has 1 heterocycles. The number of ether oxygens (including phenoxy) is 3. The molecule has 1 aromatic heterocycles. The van der Waals surface area contributed by atoms with Crippen molar-refractivity contribution in [3.63, 3.8) is 0 Å². The molecule has 2 aromatic rings. The van der Waals surface area contributed by atoms with E-state index in [4.69, 9.17) is 14.2 Å². The quantitative estimate of drug-likeness (QED) is 0.788. The van der Waals surface area contributed by atoms with Crippen LogP contribution in [0.5, 0.6) is 17.2 Å². The van der Waals surface area contributed by atoms with Gasteiger partial charge in [-0.1, -0.05) is 13.3 Å². The maximum atomic E-state index is 5.90. The smallest absolute Gasteiger partial charge is 0.174 e. The molecule has 0 amide bonds. The molecule has 4 nitrogen and oxygen atoms in total. The number of nitrogens with one attached hydrogen (secondary N) is 1. The van der Waals surface area contributed by atoms with Crippen molar-refractivity contribution in [2.45, 2.75) is 40.5 Å². The molecule has 0 saturated heterocycles. The Hall–Kier alpha value is -1.84. The molecule has 0 aliphatic rings. The van der Waals surface area contributed by atoms with Crippen LogP contribution in [0.4, 0.5) is 0 Å². The van der Waals surface area contributed by atoms with Gasteiger partial charge in [-0.2, -0.15) is 0 Å². The second-order valence-corrected chi connectivity index (χ2v) is 4.80. The number of aromatic amines is 1. The molecule has 0 spiro atoms. The first-order valence-corrected chi connectivity index (χ1v) is 7.82. The second kappa shape index (κ2) is 7.25. The van der Waals surface area contributed by atoms with Crippen LogP contribution in [0.15, 0.2) is 12.1 Å². The first kappa shape index (κ1) is 15.5. The summed E-state index contributed by atoms with van der Waals surface area (Å²) in [6.07, 6.45) is 2.02. The number of aromatic nitrogens is 1. The molecule has 0 saturated carbocycles. The molecule has 21 heavy (non-hydrogen) atoms. The van der Waals surface area contributed by atoms with Crippen LogP contribution in [0.25, 0.3) is 10.9 Å². The highest BCUT2D eigenvalue weighted by atomic mass is 16.5. The molecular weight excluding hydrogens is 266 g/mol. The van der Waals surface area contributed by atoms with Gasteiger partial charge < -0.3 is 19.2 Å². The SMILES string of the molecule is CCCc1[nH]c2ccc(OCC)c(OCC)c2c1OCC. The van der Waals surface area contributed by atoms with Crippen LogP contribution in [-0.2, 0) is 6.42 Å². The van der Waals surface area contributed by atoms with E-state index in [0.717, 1.165) is 46.7 Å². The third-order valence-electron chi connectivity index (χ3n) is 3.29. The summed E-state index contributed by atoms with van der Waals surface area (Å²) in [6.45, 7) is 9.96. The summed E-state index contributed by atoms with van der Waals surface area (Å²) >= 11 is 0. The fourth-order valence-corrected chi connectivity index (χ4v) is 2.55. The molecule has 0 bridgehead atoms. The molecule has 2 rings (SSSR count). The van der Waals surface area contributed by atoms with Crippen LogP contribution < -0.4 is 14.2 Å². The third kappa shape index (κ3) is 3.09. The van der Waals surface area contributed by atoms with Crippen LogP contribution in [0.1, 0.15) is 39.8 Å². The van der Waals surface area contributed by atoms with E-state index >= 15 is 0 Å². The van der Waals surface area contributed by atoms with E-state index in [-0.39, 0.29) is 0 Å². The number of rotatable bonds is 8. The van der Waals surface area contributed by atoms with Gasteiger partial charge >= 0.3 is 0 Å². The lowest BCUT2D eigenvalue weighted by atomic mass is 10.1. The molecule has 0 aliphatic heterocycles. The first-order chi connectivity index (χ1) is 10.3. The highest BCUT2D eigenvalue weighted by Crippen LogP contribution is 2.43. The topological polar surface area (TPSA) is 43.5 Å². The van der Waals surface area contributed by atoms with Crippen molar-refractivity contribution < 1.29 is 14.2 Å². The maximum absolute atomic E-state index is 5.90. The highest BCUT2D eigenvalue weighted by Gasteiger charge is 2.20. The molecule has 1 N–H and O–H groups in total. The number of hydrogen-bond acceptors (Lipinski definition) is 3. The lowest BCUT2D eigenvalue weighted by Gasteiger charge is -2.13. The molecule has 0 atom stereocenters. The molecular formula is C17H25NO3. The normalized spacial score (nSPS) is 10.9. The van der Waals surface area contributed by atoms with Crippen molar-refractivity contribution in [2.75, 3.05) is 19.8 Å². The van der Waals surface area contributed by atoms with E-state index < -0.39 is 0 Å². The Labute approximate surface area is 126 Å². The van der Waals surface area contributed by atoms with Crippen molar-refractivity contribution in [3.8, 4) is 17.2 Å². The number of hydrogen-bond donors (Lipinski definition) is 1. The largest absolute Gasteiger partial charge is 0.491 e. The lowest BCUT2D eigenvalue weighted by Crippen LogP contribution is -2.00. The van der Waals surface area contributed by atoms with Crippen molar-refractivity contribution in [1.29, 1.82) is 0 Å². The Morgan fingerprint density at radius 1 is 0.857 bits per heavy atom. The van der Waals surface area contributed by atoms with Crippen molar-refractivity contribution in [3.05, 3.63) is 17.8 Å². The number of benzene rings is 1. The van der Waals surface area contributed by atoms with Gasteiger partial charge in [0, 0.05) is 0 Å². The predicted molar refractivity (Wildman–Crippen MR) is 85.8 cm³/mol. The maximum Gasteiger partial charge on any atom is 0.174 e. The van der Waals surface area contributed by atoms with Gasteiger partial charge in [0.1, 0.15) is 0 Å². The Kier molecular flexibility index (Phi) is 5.37. The number of fused-ring (bicyclic) bond motifs is 1. The van der Waals surface area contributed by atoms with E-state index in [2.05, 4.69) is 11.9 Å². The van der Waals surface area contributed by atoms with Crippen LogP contribution in [0.3, 0.4) is 0 Å². The zero-order valence-electron chi connectivity index (χ0n) is 13.4. The minimum Gasteiger partial charge on any atom is -0.491 e. The molecule has 1 aromatic carbocycles. The predicted octanol–water partition coefficient (Wildman–Crippen LogP) is 4.32. The number of H-pyrrole nitrogens is 1. The van der Waals surface area contributed by atoms with Crippen LogP contribution in [0, 0.1) is 0 Å². The lowest BCUT2D eigenvalue weighted by molar-refractivity contribution is 0.289. The molecule has 0 fully saturated rings. The highest BCUT2D eigenvalue weighted by molar-refractivity contribution is 5.95. The van der Waals surface area contributed by atoms with Crippen molar-refractivity contribution in [1.82, 2.24) is 4.98 Å². The van der Waals surface area contributed by atoms with Crippen LogP contribution >= 0.6 is 0 Å². The van der Waals surface area contributed by atoms with Crippen molar-refractivity contribution in [2.24, 2.45) is 0 Å². The monoisotopic (exact) mass is 291 g/mol. The van der Waals surface area contributed by atoms with Gasteiger partial charge in [0.05, 0.1) is 36.4 Å². The Morgan fingerprint density at radius 3 is 2.14 bits per heavy atom. The fraction of sp³-hybridized carbons (Fsp3) is 0.529. The molecule has 0 unspecified atom stereocenters. The summed E-state index contributed by atoms with van der Waals surface area (Å²) in [6, 6.07) is 3.99. The van der Waals surface area contributed by atoms with Crippen LogP contribution in [-0.4, -0.2) is 24.8 Å². The average Bonchev–Trinajstić information content (AvgIpc) is 2.81. The van der Waals surface area contributed by atoms with Gasteiger partial charge in [-0.3, -0.25) is 0 Å². The van der Waals surface area contributed by atoms with E-state index in [9.17, 15) is 0 Å². The minimum absolute atomic E-state index is 0.596. The zero-order valence-corrected chi connectivity index (χ0v) is 13.4. The second-order valence-electron chi connectivity index (χ2n) is 4.80. The van der Waals surface area contributed by atoms with E-state index in [0.29, 0.717) is 19.8 Å². The van der Waals surface area contributed by atoms with Crippen molar-refractivity contribution >= 4 is 10.9 Å². The Balaban J connectivity index is 2.65. The van der Waals surface area contributed by atoms with Gasteiger partial charge in [-0.05, 0) is 39.3 Å². The van der Waals surface area contributed by atoms with Gasteiger partial charge in [0.15, 0.2) is 17.2 Å². The van der Waals surface area contributed by atoms with Gasteiger partial charge in [-0.25, -0.2) is 0 Å². The van der Waals surface area contributed by atoms with E-state index in [1.165, 1.54) is 0 Å². The van der Waals surface area contributed by atoms with Crippen LogP contribution in [0.2, 0.25) is 0 Å². The minimum atomic E-state index is 0.596. The average molecular weight is 291 g/mol. The van der Waals surface area contributed by atoms with E-state index in [1.807, 2.05) is 32.9 Å². The van der Waals surface area contributed by atoms with Gasteiger partial charge in [-0.15, -0.1) is 0 Å². The van der Waals surface area contributed by atoms with E-state index in [1.54, 1.807) is 0 Å². The third-order valence-corrected chi connectivity index (χ3v) is 3.29. The molecule has 0 radical (unpaired) electrons. The fourth-order valence-electron chi connectivity index (χ4n) is 2.55. The summed E-state index contributed by atoms with van der Waals surface area (Å²) < 4.78 is 17.5.